The fourth-order valence-electron chi connectivity index (χ4n) is 7.38. The van der Waals surface area contributed by atoms with E-state index >= 15 is 0 Å². The molecule has 0 aromatic heterocycles. The number of carbonyl (C=O) groups is 1. The number of amides is 1. The van der Waals surface area contributed by atoms with Gasteiger partial charge < -0.3 is 19.8 Å². The van der Waals surface area contributed by atoms with Crippen LogP contribution >= 0.6 is 0 Å². The summed E-state index contributed by atoms with van der Waals surface area (Å²) in [6, 6.07) is 12.6. The normalized spacial score (nSPS) is 33.4. The summed E-state index contributed by atoms with van der Waals surface area (Å²) in [5.41, 5.74) is 1.65. The maximum Gasteiger partial charge on any atom is 0.298 e. The lowest BCUT2D eigenvalue weighted by Gasteiger charge is -2.65. The van der Waals surface area contributed by atoms with Crippen LogP contribution < -0.4 is 4.74 Å². The zero-order chi connectivity index (χ0) is 25.4. The van der Waals surface area contributed by atoms with E-state index in [4.69, 9.17) is 4.74 Å². The number of hydrogen-bond acceptors (Lipinski definition) is 6. The number of phenolic OH excluding ortho intramolecular Hbond substituents is 1. The molecule has 0 radical (unpaired) electrons. The van der Waals surface area contributed by atoms with Crippen molar-refractivity contribution < 1.29 is 19.7 Å². The van der Waals surface area contributed by atoms with Crippen molar-refractivity contribution in [3.05, 3.63) is 58.7 Å². The molecular weight excluding hydrogens is 454 g/mol. The number of nitriles is 1. The highest BCUT2D eigenvalue weighted by Crippen LogP contribution is 2.66. The van der Waals surface area contributed by atoms with E-state index in [9.17, 15) is 20.3 Å². The molecule has 6 atom stereocenters. The lowest BCUT2D eigenvalue weighted by molar-refractivity contribution is -0.202. The minimum absolute atomic E-state index is 0.0257. The Bertz CT molecular complexity index is 1390. The zero-order valence-electron chi connectivity index (χ0n) is 20.7. The fraction of sp³-hybridized carbons (Fsp3) is 0.448. The van der Waals surface area contributed by atoms with E-state index in [-0.39, 0.29) is 23.7 Å². The number of hydrogen-bond donors (Lipinski definition) is 2. The molecular formula is C29H29N3O4. The first kappa shape index (κ1) is 22.9. The van der Waals surface area contributed by atoms with E-state index in [1.54, 1.807) is 18.0 Å². The zero-order valence-corrected chi connectivity index (χ0v) is 20.7. The van der Waals surface area contributed by atoms with E-state index in [0.29, 0.717) is 31.4 Å². The second kappa shape index (κ2) is 7.74. The highest BCUT2D eigenvalue weighted by molar-refractivity contribution is 5.94. The lowest BCUT2D eigenvalue weighted by Crippen LogP contribution is -2.79. The Morgan fingerprint density at radius 1 is 1.31 bits per heavy atom. The standard InChI is InChI=1S/C29H29N3O4/c1-17-5-4-6-18(13-17)7-10-24(34)32(3)21-11-12-29(35)23-14-19-8-9-22(33)26-25(19)28(29,27(21)36-26)15-20(16-30)31(23)2/h4-6,8-9,13,20-21,23,27,33,35H,11-12,14-15H2,1-3H3/t20?,21-,23+,27-,28-,29+/m0/s1. The summed E-state index contributed by atoms with van der Waals surface area (Å²) in [7, 11) is 3.63. The van der Waals surface area contributed by atoms with Gasteiger partial charge in [-0.15, -0.1) is 0 Å². The van der Waals surface area contributed by atoms with Gasteiger partial charge in [0.25, 0.3) is 5.91 Å². The van der Waals surface area contributed by atoms with Crippen LogP contribution in [0.1, 0.15) is 41.5 Å². The van der Waals surface area contributed by atoms with Crippen molar-refractivity contribution >= 4 is 5.91 Å². The monoisotopic (exact) mass is 483 g/mol. The first-order chi connectivity index (χ1) is 17.2. The van der Waals surface area contributed by atoms with Gasteiger partial charge in [0.1, 0.15) is 6.10 Å². The number of piperidine rings is 1. The molecule has 2 aromatic carbocycles. The van der Waals surface area contributed by atoms with Gasteiger partial charge in [0.05, 0.1) is 29.2 Å². The Balaban J connectivity index is 1.43. The van der Waals surface area contributed by atoms with Crippen molar-refractivity contribution in [3.63, 3.8) is 0 Å². The summed E-state index contributed by atoms with van der Waals surface area (Å²) in [6.07, 6.45) is 1.34. The van der Waals surface area contributed by atoms with Crippen LogP contribution in [0.5, 0.6) is 11.5 Å². The van der Waals surface area contributed by atoms with Gasteiger partial charge in [0.2, 0.25) is 0 Å². The molecule has 2 aliphatic heterocycles. The molecule has 6 rings (SSSR count). The third-order valence-corrected chi connectivity index (χ3v) is 9.10. The number of aliphatic hydroxyl groups is 1. The number of nitrogens with zero attached hydrogens (tertiary/aromatic N) is 3. The van der Waals surface area contributed by atoms with Crippen molar-refractivity contribution in [2.24, 2.45) is 0 Å². The predicted molar refractivity (Wildman–Crippen MR) is 132 cm³/mol. The second-order valence-electron chi connectivity index (χ2n) is 10.8. The quantitative estimate of drug-likeness (QED) is 0.604. The summed E-state index contributed by atoms with van der Waals surface area (Å²) in [4.78, 5) is 16.9. The predicted octanol–water partition coefficient (Wildman–Crippen LogP) is 2.26. The number of rotatable bonds is 1. The van der Waals surface area contributed by atoms with Crippen molar-refractivity contribution in [2.45, 2.75) is 67.9 Å². The van der Waals surface area contributed by atoms with Gasteiger partial charge in [-0.05, 0) is 69.0 Å². The van der Waals surface area contributed by atoms with Gasteiger partial charge in [-0.3, -0.25) is 9.69 Å². The SMILES string of the molecule is Cc1cccc(C#CC(=O)N(C)[C@H]2CC[C@@]3(O)[C@H]4Cc5ccc(O)c6c5[C@@]3(CC(C#N)N4C)[C@H]2O6)c1. The summed E-state index contributed by atoms with van der Waals surface area (Å²) < 4.78 is 6.49. The average Bonchev–Trinajstić information content (AvgIpc) is 3.21. The van der Waals surface area contributed by atoms with Gasteiger partial charge >= 0.3 is 0 Å². The van der Waals surface area contributed by atoms with Crippen molar-refractivity contribution in [3.8, 4) is 29.4 Å². The molecule has 7 nitrogen and oxygen atoms in total. The number of phenols is 1. The molecule has 1 saturated carbocycles. The molecule has 4 aliphatic rings. The average molecular weight is 484 g/mol. The molecule has 1 spiro atoms. The number of likely N-dealkylation sites (N-methyl/N-ethyl adjacent to an activating group) is 2. The second-order valence-corrected chi connectivity index (χ2v) is 10.8. The Morgan fingerprint density at radius 3 is 2.86 bits per heavy atom. The highest BCUT2D eigenvalue weighted by Gasteiger charge is 2.74. The molecule has 2 heterocycles. The lowest BCUT2D eigenvalue weighted by atomic mass is 9.47. The molecule has 2 aromatic rings. The summed E-state index contributed by atoms with van der Waals surface area (Å²) in [5.74, 6) is 5.82. The summed E-state index contributed by atoms with van der Waals surface area (Å²) in [6.45, 7) is 1.98. The van der Waals surface area contributed by atoms with Crippen LogP contribution in [0, 0.1) is 30.1 Å². The molecule has 2 bridgehead atoms. The van der Waals surface area contributed by atoms with E-state index in [0.717, 1.165) is 22.3 Å². The van der Waals surface area contributed by atoms with Gasteiger partial charge in [0, 0.05) is 30.1 Å². The van der Waals surface area contributed by atoms with Crippen LogP contribution in [0.4, 0.5) is 0 Å². The Morgan fingerprint density at radius 2 is 2.11 bits per heavy atom. The largest absolute Gasteiger partial charge is 0.504 e. The van der Waals surface area contributed by atoms with Gasteiger partial charge in [-0.25, -0.2) is 0 Å². The third-order valence-electron chi connectivity index (χ3n) is 9.10. The van der Waals surface area contributed by atoms with Crippen LogP contribution in [0.15, 0.2) is 36.4 Å². The maximum absolute atomic E-state index is 13.2. The summed E-state index contributed by atoms with van der Waals surface area (Å²) >= 11 is 0. The van der Waals surface area contributed by atoms with Gasteiger partial charge in [0.15, 0.2) is 11.5 Å². The Kier molecular flexibility index (Phi) is 4.92. The highest BCUT2D eigenvalue weighted by atomic mass is 16.5. The fourth-order valence-corrected chi connectivity index (χ4v) is 7.38. The van der Waals surface area contributed by atoms with Crippen LogP contribution in [-0.4, -0.2) is 69.8 Å². The van der Waals surface area contributed by atoms with Crippen molar-refractivity contribution in [1.82, 2.24) is 9.80 Å². The minimum atomic E-state index is -1.14. The van der Waals surface area contributed by atoms with Crippen molar-refractivity contribution in [2.75, 3.05) is 14.1 Å². The van der Waals surface area contributed by atoms with Crippen LogP contribution in [0.3, 0.4) is 0 Å². The number of aryl methyl sites for hydroxylation is 1. The Hall–Kier alpha value is -3.52. The first-order valence-corrected chi connectivity index (χ1v) is 12.4. The van der Waals surface area contributed by atoms with Crippen LogP contribution in [0.2, 0.25) is 0 Å². The molecule has 2 fully saturated rings. The number of benzene rings is 2. The van der Waals surface area contributed by atoms with E-state index in [1.165, 1.54) is 0 Å². The molecule has 2 aliphatic carbocycles. The number of carbonyl (C=O) groups excluding carboxylic acids is 1. The molecule has 7 heteroatoms. The van der Waals surface area contributed by atoms with Gasteiger partial charge in [-0.2, -0.15) is 5.26 Å². The molecule has 36 heavy (non-hydrogen) atoms. The number of aromatic hydroxyl groups is 1. The van der Waals surface area contributed by atoms with Crippen LogP contribution in [-0.2, 0) is 16.6 Å². The first-order valence-electron chi connectivity index (χ1n) is 12.4. The number of ether oxygens (including phenoxy) is 1. The summed E-state index contributed by atoms with van der Waals surface area (Å²) in [5, 5.41) is 33.1. The van der Waals surface area contributed by atoms with E-state index in [2.05, 4.69) is 17.9 Å². The van der Waals surface area contributed by atoms with E-state index < -0.39 is 23.2 Å². The van der Waals surface area contributed by atoms with Crippen molar-refractivity contribution in [1.29, 1.82) is 5.26 Å². The molecule has 1 saturated heterocycles. The molecule has 184 valence electrons. The van der Waals surface area contributed by atoms with Gasteiger partial charge in [-0.1, -0.05) is 24.1 Å². The molecule has 2 N–H and O–H groups in total. The Labute approximate surface area is 210 Å². The topological polar surface area (TPSA) is 97.0 Å². The molecule has 1 amide bonds. The number of likely N-dealkylation sites (tertiary alicyclic amines) is 1. The van der Waals surface area contributed by atoms with Crippen LogP contribution in [0.25, 0.3) is 0 Å². The third kappa shape index (κ3) is 2.85. The maximum atomic E-state index is 13.2. The minimum Gasteiger partial charge on any atom is -0.504 e. The molecule has 1 unspecified atom stereocenters. The van der Waals surface area contributed by atoms with E-state index in [1.807, 2.05) is 49.2 Å². The smallest absolute Gasteiger partial charge is 0.298 e.